The molecule has 0 saturated carbocycles. The van der Waals surface area contributed by atoms with Crippen LogP contribution in [-0.2, 0) is 11.4 Å². The minimum Gasteiger partial charge on any atom is -0.485 e. The van der Waals surface area contributed by atoms with Gasteiger partial charge in [-0.2, -0.15) is 0 Å². The molecular formula is C14H16ClN3O2S. The van der Waals surface area contributed by atoms with Gasteiger partial charge in [0.25, 0.3) is 0 Å². The lowest BCUT2D eigenvalue weighted by atomic mass is 10.1. The highest BCUT2D eigenvalue weighted by Gasteiger charge is 2.10. The maximum atomic E-state index is 11.6. The van der Waals surface area contributed by atoms with E-state index in [0.29, 0.717) is 33.3 Å². The van der Waals surface area contributed by atoms with E-state index in [1.807, 2.05) is 26.0 Å². The van der Waals surface area contributed by atoms with Gasteiger partial charge in [0.1, 0.15) is 12.4 Å². The second-order valence-corrected chi connectivity index (χ2v) is 6.34. The van der Waals surface area contributed by atoms with E-state index >= 15 is 0 Å². The number of carbonyl (C=O) groups is 1. The number of amides is 1. The zero-order valence-electron chi connectivity index (χ0n) is 11.8. The fraction of sp³-hybridized carbons (Fsp3) is 0.357. The van der Waals surface area contributed by atoms with Gasteiger partial charge >= 0.3 is 0 Å². The number of para-hydroxylation sites is 1. The van der Waals surface area contributed by atoms with Crippen molar-refractivity contribution in [3.05, 3.63) is 34.3 Å². The molecule has 21 heavy (non-hydrogen) atoms. The minimum absolute atomic E-state index is 0.0558. The second kappa shape index (κ2) is 7.38. The molecule has 112 valence electrons. The highest BCUT2D eigenvalue weighted by molar-refractivity contribution is 7.15. The number of benzene rings is 1. The molecule has 5 nitrogen and oxygen atoms in total. The van der Waals surface area contributed by atoms with Gasteiger partial charge in [0.2, 0.25) is 11.0 Å². The van der Waals surface area contributed by atoms with Crippen molar-refractivity contribution in [2.75, 3.05) is 5.32 Å². The molecule has 0 bridgehead atoms. The Labute approximate surface area is 132 Å². The first-order chi connectivity index (χ1) is 10.0. The fourth-order valence-corrected chi connectivity index (χ4v) is 2.46. The van der Waals surface area contributed by atoms with Crippen LogP contribution >= 0.6 is 22.9 Å². The maximum Gasteiger partial charge on any atom is 0.226 e. The van der Waals surface area contributed by atoms with E-state index < -0.39 is 0 Å². The zero-order chi connectivity index (χ0) is 15.2. The molecule has 1 aromatic heterocycles. The van der Waals surface area contributed by atoms with E-state index in [0.717, 1.165) is 0 Å². The first-order valence-corrected chi connectivity index (χ1v) is 7.73. The number of nitrogens with one attached hydrogen (secondary N) is 1. The highest BCUT2D eigenvalue weighted by atomic mass is 35.5. The third-order valence-electron chi connectivity index (χ3n) is 2.49. The summed E-state index contributed by atoms with van der Waals surface area (Å²) in [6, 6.07) is 7.23. The van der Waals surface area contributed by atoms with Crippen LogP contribution in [0.1, 0.15) is 25.3 Å². The second-order valence-electron chi connectivity index (χ2n) is 4.87. The van der Waals surface area contributed by atoms with Gasteiger partial charge in [0.15, 0.2) is 5.01 Å². The van der Waals surface area contributed by atoms with Gasteiger partial charge < -0.3 is 10.1 Å². The molecule has 0 aliphatic rings. The molecule has 0 unspecified atom stereocenters. The van der Waals surface area contributed by atoms with E-state index in [1.165, 1.54) is 11.3 Å². The van der Waals surface area contributed by atoms with Crippen molar-refractivity contribution in [2.45, 2.75) is 26.9 Å². The number of anilines is 1. The first kappa shape index (κ1) is 15.7. The SMILES string of the molecule is CC(C)CC(=O)Nc1nnc(COc2ccccc2Cl)s1. The Morgan fingerprint density at radius 2 is 2.14 bits per heavy atom. The summed E-state index contributed by atoms with van der Waals surface area (Å²) in [7, 11) is 0. The monoisotopic (exact) mass is 325 g/mol. The zero-order valence-corrected chi connectivity index (χ0v) is 13.4. The summed E-state index contributed by atoms with van der Waals surface area (Å²) in [5, 5.41) is 12.3. The molecule has 1 aromatic carbocycles. The van der Waals surface area contributed by atoms with Crippen LogP contribution in [-0.4, -0.2) is 16.1 Å². The number of hydrogen-bond donors (Lipinski definition) is 1. The summed E-state index contributed by atoms with van der Waals surface area (Å²) in [6.07, 6.45) is 0.463. The summed E-state index contributed by atoms with van der Waals surface area (Å²) in [5.74, 6) is 0.848. The lowest BCUT2D eigenvalue weighted by Gasteiger charge is -2.04. The van der Waals surface area contributed by atoms with E-state index in [2.05, 4.69) is 15.5 Å². The van der Waals surface area contributed by atoms with Crippen molar-refractivity contribution in [2.24, 2.45) is 5.92 Å². The Bertz CT molecular complexity index is 616. The molecule has 0 spiro atoms. The number of carbonyl (C=O) groups excluding carboxylic acids is 1. The van der Waals surface area contributed by atoms with E-state index in [1.54, 1.807) is 12.1 Å². The van der Waals surface area contributed by atoms with Crippen LogP contribution in [0.15, 0.2) is 24.3 Å². The summed E-state index contributed by atoms with van der Waals surface area (Å²) >= 11 is 7.29. The molecule has 2 aromatic rings. The summed E-state index contributed by atoms with van der Waals surface area (Å²) in [6.45, 7) is 4.24. The highest BCUT2D eigenvalue weighted by Crippen LogP contribution is 2.25. The third-order valence-corrected chi connectivity index (χ3v) is 3.62. The average molecular weight is 326 g/mol. The number of aromatic nitrogens is 2. The minimum atomic E-state index is -0.0558. The number of nitrogens with zero attached hydrogens (tertiary/aromatic N) is 2. The third kappa shape index (κ3) is 4.99. The predicted octanol–water partition coefficient (Wildman–Crippen LogP) is 3.76. The van der Waals surface area contributed by atoms with Gasteiger partial charge in [-0.1, -0.05) is 48.9 Å². The molecule has 0 aliphatic carbocycles. The molecule has 0 radical (unpaired) electrons. The van der Waals surface area contributed by atoms with Crippen LogP contribution in [0.4, 0.5) is 5.13 Å². The normalized spacial score (nSPS) is 10.7. The average Bonchev–Trinajstić information content (AvgIpc) is 2.84. The van der Waals surface area contributed by atoms with Crippen molar-refractivity contribution in [1.29, 1.82) is 0 Å². The van der Waals surface area contributed by atoms with E-state index in [-0.39, 0.29) is 12.5 Å². The van der Waals surface area contributed by atoms with Crippen molar-refractivity contribution in [3.63, 3.8) is 0 Å². The van der Waals surface area contributed by atoms with Crippen molar-refractivity contribution >= 4 is 34.0 Å². The van der Waals surface area contributed by atoms with Crippen molar-refractivity contribution in [1.82, 2.24) is 10.2 Å². The van der Waals surface area contributed by atoms with Crippen molar-refractivity contribution < 1.29 is 9.53 Å². The molecule has 0 saturated heterocycles. The molecule has 0 aliphatic heterocycles. The van der Waals surface area contributed by atoms with Gasteiger partial charge in [-0.3, -0.25) is 4.79 Å². The lowest BCUT2D eigenvalue weighted by molar-refractivity contribution is -0.116. The summed E-state index contributed by atoms with van der Waals surface area (Å²) in [4.78, 5) is 11.6. The van der Waals surface area contributed by atoms with Gasteiger partial charge in [0, 0.05) is 6.42 Å². The van der Waals surface area contributed by atoms with Crippen LogP contribution in [0.2, 0.25) is 5.02 Å². The molecule has 7 heteroatoms. The number of rotatable bonds is 6. The Hall–Kier alpha value is -1.66. The Kier molecular flexibility index (Phi) is 5.52. The Morgan fingerprint density at radius 3 is 2.86 bits per heavy atom. The quantitative estimate of drug-likeness (QED) is 0.878. The fourth-order valence-electron chi connectivity index (χ4n) is 1.60. The summed E-state index contributed by atoms with van der Waals surface area (Å²) in [5.41, 5.74) is 0. The van der Waals surface area contributed by atoms with Crippen LogP contribution in [0.5, 0.6) is 5.75 Å². The van der Waals surface area contributed by atoms with Crippen LogP contribution in [0, 0.1) is 5.92 Å². The Balaban J connectivity index is 1.89. The Morgan fingerprint density at radius 1 is 1.38 bits per heavy atom. The van der Waals surface area contributed by atoms with Gasteiger partial charge in [-0.05, 0) is 18.1 Å². The molecule has 0 fully saturated rings. The van der Waals surface area contributed by atoms with Gasteiger partial charge in [-0.25, -0.2) is 0 Å². The van der Waals surface area contributed by atoms with Crippen molar-refractivity contribution in [3.8, 4) is 5.75 Å². The standard InChI is InChI=1S/C14H16ClN3O2S/c1-9(2)7-12(19)16-14-18-17-13(21-14)8-20-11-6-4-3-5-10(11)15/h3-6,9H,7-8H2,1-2H3,(H,16,18,19). The van der Waals surface area contributed by atoms with Crippen LogP contribution < -0.4 is 10.1 Å². The lowest BCUT2D eigenvalue weighted by Crippen LogP contribution is -2.13. The largest absolute Gasteiger partial charge is 0.485 e. The van der Waals surface area contributed by atoms with Crippen LogP contribution in [0.25, 0.3) is 0 Å². The van der Waals surface area contributed by atoms with Gasteiger partial charge in [0.05, 0.1) is 5.02 Å². The smallest absolute Gasteiger partial charge is 0.226 e. The molecule has 1 N–H and O–H groups in total. The molecule has 0 atom stereocenters. The molecule has 1 heterocycles. The molecule has 2 rings (SSSR count). The van der Waals surface area contributed by atoms with E-state index in [4.69, 9.17) is 16.3 Å². The molecular weight excluding hydrogens is 310 g/mol. The molecule has 1 amide bonds. The topological polar surface area (TPSA) is 64.1 Å². The predicted molar refractivity (Wildman–Crippen MR) is 83.8 cm³/mol. The summed E-state index contributed by atoms with van der Waals surface area (Å²) < 4.78 is 5.57. The number of halogens is 1. The van der Waals surface area contributed by atoms with E-state index in [9.17, 15) is 4.79 Å². The maximum absolute atomic E-state index is 11.6. The number of hydrogen-bond acceptors (Lipinski definition) is 5. The van der Waals surface area contributed by atoms with Gasteiger partial charge in [-0.15, -0.1) is 10.2 Å². The number of ether oxygens (including phenoxy) is 1. The van der Waals surface area contributed by atoms with Crippen LogP contribution in [0.3, 0.4) is 0 Å². The first-order valence-electron chi connectivity index (χ1n) is 6.54.